The van der Waals surface area contributed by atoms with Gasteiger partial charge in [0.25, 0.3) is 0 Å². The third-order valence-electron chi connectivity index (χ3n) is 4.40. The van der Waals surface area contributed by atoms with Crippen LogP contribution in [0.2, 0.25) is 12.1 Å². The Morgan fingerprint density at radius 2 is 1.78 bits per heavy atom. The predicted molar refractivity (Wildman–Crippen MR) is 74.9 cm³/mol. The highest BCUT2D eigenvalue weighted by atomic mass is 28.4. The second-order valence-electron chi connectivity index (χ2n) is 5.56. The zero-order chi connectivity index (χ0) is 13.0. The SMILES string of the molecule is CCO[Si](CC)(CCC1CCC2OC2C1)OCC. The van der Waals surface area contributed by atoms with E-state index in [0.717, 1.165) is 31.2 Å². The highest BCUT2D eigenvalue weighted by Gasteiger charge is 2.44. The average Bonchev–Trinajstić information content (AvgIpc) is 3.15. The maximum absolute atomic E-state index is 6.03. The van der Waals surface area contributed by atoms with Crippen LogP contribution in [0, 0.1) is 5.92 Å². The largest absolute Gasteiger partial charge is 0.394 e. The molecular weight excluding hydrogens is 244 g/mol. The van der Waals surface area contributed by atoms with E-state index >= 15 is 0 Å². The van der Waals surface area contributed by atoms with E-state index in [1.807, 2.05) is 0 Å². The first-order chi connectivity index (χ1) is 8.73. The van der Waals surface area contributed by atoms with Gasteiger partial charge >= 0.3 is 8.56 Å². The van der Waals surface area contributed by atoms with Crippen LogP contribution in [0.1, 0.15) is 46.5 Å². The smallest absolute Gasteiger partial charge is 0.337 e. The minimum absolute atomic E-state index is 0.598. The molecule has 2 rings (SSSR count). The molecule has 106 valence electrons. The van der Waals surface area contributed by atoms with Crippen molar-refractivity contribution in [1.82, 2.24) is 0 Å². The molecule has 3 atom stereocenters. The molecule has 2 fully saturated rings. The first-order valence-corrected chi connectivity index (χ1v) is 9.89. The molecule has 0 N–H and O–H groups in total. The Hall–Kier alpha value is 0.0969. The molecule has 0 aromatic carbocycles. The lowest BCUT2D eigenvalue weighted by Gasteiger charge is -2.31. The molecule has 1 heterocycles. The van der Waals surface area contributed by atoms with Gasteiger partial charge in [0.2, 0.25) is 0 Å². The van der Waals surface area contributed by atoms with Crippen LogP contribution in [0.25, 0.3) is 0 Å². The first kappa shape index (κ1) is 14.5. The van der Waals surface area contributed by atoms with Crippen LogP contribution in [0.15, 0.2) is 0 Å². The second kappa shape index (κ2) is 6.50. The van der Waals surface area contributed by atoms with Crippen molar-refractivity contribution in [2.45, 2.75) is 70.8 Å². The van der Waals surface area contributed by atoms with E-state index in [1.54, 1.807) is 0 Å². The lowest BCUT2D eigenvalue weighted by atomic mass is 9.88. The zero-order valence-corrected chi connectivity index (χ0v) is 13.1. The van der Waals surface area contributed by atoms with Crippen LogP contribution < -0.4 is 0 Å². The molecule has 0 aromatic heterocycles. The summed E-state index contributed by atoms with van der Waals surface area (Å²) >= 11 is 0. The molecule has 1 saturated carbocycles. The molecule has 1 aliphatic heterocycles. The van der Waals surface area contributed by atoms with E-state index in [9.17, 15) is 0 Å². The topological polar surface area (TPSA) is 31.0 Å². The summed E-state index contributed by atoms with van der Waals surface area (Å²) in [6, 6.07) is 2.23. The molecule has 3 nitrogen and oxygen atoms in total. The molecule has 4 heteroatoms. The van der Waals surface area contributed by atoms with Crippen LogP contribution in [0.3, 0.4) is 0 Å². The van der Waals surface area contributed by atoms with Crippen molar-refractivity contribution in [3.05, 3.63) is 0 Å². The lowest BCUT2D eigenvalue weighted by molar-refractivity contribution is 0.179. The van der Waals surface area contributed by atoms with Gasteiger partial charge in [-0.2, -0.15) is 0 Å². The highest BCUT2D eigenvalue weighted by molar-refractivity contribution is 6.67. The van der Waals surface area contributed by atoms with Crippen molar-refractivity contribution in [2.75, 3.05) is 13.2 Å². The Labute approximate surface area is 112 Å². The third kappa shape index (κ3) is 3.56. The second-order valence-corrected chi connectivity index (χ2v) is 9.17. The van der Waals surface area contributed by atoms with Crippen LogP contribution in [-0.2, 0) is 13.6 Å². The summed E-state index contributed by atoms with van der Waals surface area (Å²) in [5.74, 6) is 0.841. The van der Waals surface area contributed by atoms with Gasteiger partial charge in [0.1, 0.15) is 0 Å². The highest BCUT2D eigenvalue weighted by Crippen LogP contribution is 2.41. The number of hydrogen-bond acceptors (Lipinski definition) is 3. The summed E-state index contributed by atoms with van der Waals surface area (Å²) in [6.45, 7) is 7.97. The van der Waals surface area contributed by atoms with E-state index in [-0.39, 0.29) is 0 Å². The van der Waals surface area contributed by atoms with Crippen molar-refractivity contribution >= 4 is 8.56 Å². The van der Waals surface area contributed by atoms with Crippen molar-refractivity contribution in [3.8, 4) is 0 Å². The molecule has 0 bridgehead atoms. The molecule has 18 heavy (non-hydrogen) atoms. The first-order valence-electron chi connectivity index (χ1n) is 7.66. The van der Waals surface area contributed by atoms with E-state index in [4.69, 9.17) is 13.6 Å². The van der Waals surface area contributed by atoms with E-state index in [1.165, 1.54) is 25.7 Å². The van der Waals surface area contributed by atoms with E-state index in [2.05, 4.69) is 20.8 Å². The van der Waals surface area contributed by atoms with Gasteiger partial charge in [0.15, 0.2) is 0 Å². The number of hydrogen-bond donors (Lipinski definition) is 0. The third-order valence-corrected chi connectivity index (χ3v) is 8.16. The summed E-state index contributed by atoms with van der Waals surface area (Å²) in [5, 5.41) is 0. The standard InChI is InChI=1S/C14H28O3Si/c1-4-15-18(6-3,16-5-2)10-9-12-7-8-13-14(11-12)17-13/h12-14H,4-11H2,1-3H3. The number of ether oxygens (including phenoxy) is 1. The van der Waals surface area contributed by atoms with Crippen LogP contribution >= 0.6 is 0 Å². The Morgan fingerprint density at radius 1 is 1.06 bits per heavy atom. The van der Waals surface area contributed by atoms with Gasteiger partial charge < -0.3 is 13.6 Å². The Morgan fingerprint density at radius 3 is 2.33 bits per heavy atom. The summed E-state index contributed by atoms with van der Waals surface area (Å²) in [6.07, 6.45) is 6.38. The van der Waals surface area contributed by atoms with Crippen molar-refractivity contribution in [2.24, 2.45) is 5.92 Å². The van der Waals surface area contributed by atoms with E-state index < -0.39 is 8.56 Å². The van der Waals surface area contributed by atoms with Gasteiger partial charge in [0, 0.05) is 13.2 Å². The van der Waals surface area contributed by atoms with Gasteiger partial charge in [-0.05, 0) is 57.5 Å². The Balaban J connectivity index is 1.79. The zero-order valence-electron chi connectivity index (χ0n) is 12.1. The van der Waals surface area contributed by atoms with Crippen LogP contribution in [0.4, 0.5) is 0 Å². The van der Waals surface area contributed by atoms with Crippen LogP contribution in [-0.4, -0.2) is 34.0 Å². The average molecular weight is 272 g/mol. The molecule has 0 aromatic rings. The Kier molecular flexibility index (Phi) is 5.24. The molecule has 1 aliphatic carbocycles. The predicted octanol–water partition coefficient (Wildman–Crippen LogP) is 3.48. The van der Waals surface area contributed by atoms with Gasteiger partial charge in [0.05, 0.1) is 12.2 Å². The fraction of sp³-hybridized carbons (Fsp3) is 1.00. The van der Waals surface area contributed by atoms with Gasteiger partial charge in [-0.3, -0.25) is 0 Å². The minimum atomic E-state index is -1.90. The van der Waals surface area contributed by atoms with Gasteiger partial charge in [-0.1, -0.05) is 6.92 Å². The van der Waals surface area contributed by atoms with E-state index in [0.29, 0.717) is 12.2 Å². The quantitative estimate of drug-likeness (QED) is 0.501. The maximum Gasteiger partial charge on any atom is 0.337 e. The van der Waals surface area contributed by atoms with Gasteiger partial charge in [-0.15, -0.1) is 0 Å². The summed E-state index contributed by atoms with van der Waals surface area (Å²) in [7, 11) is -1.90. The van der Waals surface area contributed by atoms with Crippen molar-refractivity contribution < 1.29 is 13.6 Å². The van der Waals surface area contributed by atoms with Crippen molar-refractivity contribution in [3.63, 3.8) is 0 Å². The number of fused-ring (bicyclic) bond motifs is 1. The minimum Gasteiger partial charge on any atom is -0.394 e. The van der Waals surface area contributed by atoms with Gasteiger partial charge in [-0.25, -0.2) is 0 Å². The summed E-state index contributed by atoms with van der Waals surface area (Å²) < 4.78 is 17.7. The Bertz CT molecular complexity index is 253. The number of epoxide rings is 1. The monoisotopic (exact) mass is 272 g/mol. The fourth-order valence-electron chi connectivity index (χ4n) is 3.27. The maximum atomic E-state index is 6.03. The summed E-state index contributed by atoms with van der Waals surface area (Å²) in [5.41, 5.74) is 0. The molecule has 3 unspecified atom stereocenters. The molecule has 0 spiro atoms. The lowest BCUT2D eigenvalue weighted by Crippen LogP contribution is -2.42. The van der Waals surface area contributed by atoms with Crippen LogP contribution in [0.5, 0.6) is 0 Å². The number of rotatable bonds is 8. The molecular formula is C14H28O3Si. The van der Waals surface area contributed by atoms with Crippen molar-refractivity contribution in [1.29, 1.82) is 0 Å². The molecule has 1 saturated heterocycles. The fourth-order valence-corrected chi connectivity index (χ4v) is 6.30. The summed E-state index contributed by atoms with van der Waals surface area (Å²) in [4.78, 5) is 0. The molecule has 2 aliphatic rings. The molecule has 0 amide bonds. The normalized spacial score (nSPS) is 31.2. The molecule has 0 radical (unpaired) electrons.